The first-order valence-corrected chi connectivity index (χ1v) is 10.0. The minimum atomic E-state index is -4.50. The molecule has 0 spiro atoms. The second-order valence-corrected chi connectivity index (χ2v) is 7.39. The van der Waals surface area contributed by atoms with E-state index in [-0.39, 0.29) is 23.8 Å². The van der Waals surface area contributed by atoms with Crippen LogP contribution in [0, 0.1) is 5.92 Å². The molecule has 0 saturated carbocycles. The van der Waals surface area contributed by atoms with Crippen LogP contribution in [0.1, 0.15) is 39.1 Å². The van der Waals surface area contributed by atoms with E-state index in [1.54, 1.807) is 23.2 Å². The molecule has 1 aliphatic heterocycles. The van der Waals surface area contributed by atoms with Crippen LogP contribution in [0.15, 0.2) is 47.6 Å². The highest BCUT2D eigenvalue weighted by Crippen LogP contribution is 2.31. The minimum Gasteiger partial charge on any atom is -0.338 e. The maximum absolute atomic E-state index is 12.9. The molecular weight excluding hydrogens is 389 g/mol. The number of alkyl halides is 3. The van der Waals surface area contributed by atoms with Crippen LogP contribution in [0.4, 0.5) is 13.2 Å². The van der Waals surface area contributed by atoms with Gasteiger partial charge in [-0.3, -0.25) is 9.59 Å². The van der Waals surface area contributed by atoms with Crippen molar-refractivity contribution in [3.63, 3.8) is 0 Å². The molecule has 1 atom stereocenters. The van der Waals surface area contributed by atoms with Crippen molar-refractivity contribution in [2.45, 2.75) is 24.0 Å². The van der Waals surface area contributed by atoms with Crippen LogP contribution in [-0.4, -0.2) is 40.9 Å². The summed E-state index contributed by atoms with van der Waals surface area (Å²) < 4.78 is 38.8. The fraction of sp³-hybridized carbons (Fsp3) is 0.350. The van der Waals surface area contributed by atoms with Gasteiger partial charge in [0, 0.05) is 30.8 Å². The number of thioether (sulfide) groups is 1. The van der Waals surface area contributed by atoms with Gasteiger partial charge in [-0.25, -0.2) is 4.98 Å². The first kappa shape index (κ1) is 20.4. The van der Waals surface area contributed by atoms with Crippen molar-refractivity contribution < 1.29 is 22.8 Å². The third-order valence-corrected chi connectivity index (χ3v) is 5.46. The fourth-order valence-electron chi connectivity index (χ4n) is 3.35. The fourth-order valence-corrected chi connectivity index (χ4v) is 3.89. The number of amides is 1. The predicted octanol–water partition coefficient (Wildman–Crippen LogP) is 4.56. The maximum atomic E-state index is 12.9. The Kier molecular flexibility index (Phi) is 6.07. The largest absolute Gasteiger partial charge is 0.416 e. The van der Waals surface area contributed by atoms with Crippen LogP contribution in [0.5, 0.6) is 0 Å². The van der Waals surface area contributed by atoms with Gasteiger partial charge in [0.25, 0.3) is 5.91 Å². The maximum Gasteiger partial charge on any atom is 0.416 e. The third-order valence-electron chi connectivity index (χ3n) is 4.75. The van der Waals surface area contributed by atoms with Gasteiger partial charge >= 0.3 is 6.18 Å². The zero-order valence-electron chi connectivity index (χ0n) is 15.2. The minimum absolute atomic E-state index is 0.0281. The lowest BCUT2D eigenvalue weighted by atomic mass is 9.89. The Morgan fingerprint density at radius 3 is 2.71 bits per heavy atom. The molecule has 1 aliphatic rings. The van der Waals surface area contributed by atoms with Crippen LogP contribution in [0.2, 0.25) is 0 Å². The quantitative estimate of drug-likeness (QED) is 0.550. The van der Waals surface area contributed by atoms with E-state index in [4.69, 9.17) is 0 Å². The number of piperidine rings is 1. The van der Waals surface area contributed by atoms with Crippen molar-refractivity contribution in [1.82, 2.24) is 9.88 Å². The monoisotopic (exact) mass is 408 g/mol. The lowest BCUT2D eigenvalue weighted by molar-refractivity contribution is -0.137. The number of pyridine rings is 1. The van der Waals surface area contributed by atoms with Crippen molar-refractivity contribution in [3.05, 3.63) is 59.3 Å². The molecule has 148 valence electrons. The molecule has 8 heteroatoms. The Morgan fingerprint density at radius 2 is 2.00 bits per heavy atom. The van der Waals surface area contributed by atoms with Crippen molar-refractivity contribution >= 4 is 23.5 Å². The number of carbonyl (C=O) groups excluding carboxylic acids is 2. The highest BCUT2D eigenvalue weighted by Gasteiger charge is 2.33. The van der Waals surface area contributed by atoms with Gasteiger partial charge in [0.2, 0.25) is 0 Å². The standard InChI is InChI=1S/C20H19F3N2O2S/c1-28-18-16(8-3-9-24-18)19(27)25-10-4-6-14(12-25)17(26)13-5-2-7-15(11-13)20(21,22)23/h2-3,5,7-9,11,14H,4,6,10,12H2,1H3/t14-/m0/s1. The van der Waals surface area contributed by atoms with Crippen LogP contribution < -0.4 is 0 Å². The van der Waals surface area contributed by atoms with Gasteiger partial charge in [-0.2, -0.15) is 13.2 Å². The van der Waals surface area contributed by atoms with Gasteiger partial charge in [-0.15, -0.1) is 11.8 Å². The molecule has 2 heterocycles. The van der Waals surface area contributed by atoms with E-state index in [1.165, 1.54) is 23.9 Å². The van der Waals surface area contributed by atoms with E-state index >= 15 is 0 Å². The summed E-state index contributed by atoms with van der Waals surface area (Å²) in [5, 5.41) is 0.610. The second kappa shape index (κ2) is 8.34. The number of carbonyl (C=O) groups is 2. The molecule has 0 radical (unpaired) electrons. The summed E-state index contributed by atoms with van der Waals surface area (Å²) in [5.74, 6) is -1.09. The summed E-state index contributed by atoms with van der Waals surface area (Å²) in [4.78, 5) is 31.5. The number of hydrogen-bond donors (Lipinski definition) is 0. The molecule has 1 saturated heterocycles. The summed E-state index contributed by atoms with van der Waals surface area (Å²) >= 11 is 1.36. The molecule has 4 nitrogen and oxygen atoms in total. The van der Waals surface area contributed by atoms with Crippen molar-refractivity contribution in [3.8, 4) is 0 Å². The number of halogens is 3. The third kappa shape index (κ3) is 4.38. The average molecular weight is 408 g/mol. The van der Waals surface area contributed by atoms with E-state index in [9.17, 15) is 22.8 Å². The summed E-state index contributed by atoms with van der Waals surface area (Å²) in [7, 11) is 0. The van der Waals surface area contributed by atoms with Gasteiger partial charge < -0.3 is 4.90 Å². The number of Topliss-reactive ketones (excluding diaryl/α,β-unsaturated/α-hetero) is 1. The van der Waals surface area contributed by atoms with Gasteiger partial charge in [0.1, 0.15) is 5.03 Å². The summed E-state index contributed by atoms with van der Waals surface area (Å²) in [6.07, 6.45) is 0.102. The van der Waals surface area contributed by atoms with Crippen LogP contribution in [0.3, 0.4) is 0 Å². The SMILES string of the molecule is CSc1ncccc1C(=O)N1CCC[C@H](C(=O)c2cccc(C(F)(F)F)c2)C1. The van der Waals surface area contributed by atoms with E-state index in [0.29, 0.717) is 30.0 Å². The molecule has 1 amide bonds. The lowest BCUT2D eigenvalue weighted by Gasteiger charge is -2.32. The molecular formula is C20H19F3N2O2S. The molecule has 3 rings (SSSR count). The highest BCUT2D eigenvalue weighted by atomic mass is 32.2. The van der Waals surface area contributed by atoms with Crippen molar-refractivity contribution in [1.29, 1.82) is 0 Å². The van der Waals surface area contributed by atoms with Gasteiger partial charge in [0.05, 0.1) is 11.1 Å². The van der Waals surface area contributed by atoms with Crippen LogP contribution in [0.25, 0.3) is 0 Å². The van der Waals surface area contributed by atoms with E-state index in [2.05, 4.69) is 4.98 Å². The molecule has 2 aromatic rings. The molecule has 1 aromatic heterocycles. The van der Waals surface area contributed by atoms with E-state index < -0.39 is 17.7 Å². The summed E-state index contributed by atoms with van der Waals surface area (Å²) in [6, 6.07) is 7.84. The number of hydrogen-bond acceptors (Lipinski definition) is 4. The summed E-state index contributed by atoms with van der Waals surface area (Å²) in [5.41, 5.74) is -0.343. The normalized spacial score (nSPS) is 17.4. The molecule has 0 unspecified atom stereocenters. The molecule has 0 N–H and O–H groups in total. The predicted molar refractivity (Wildman–Crippen MR) is 100 cm³/mol. The van der Waals surface area contributed by atoms with Gasteiger partial charge in [0.15, 0.2) is 5.78 Å². The Hall–Kier alpha value is -2.35. The number of rotatable bonds is 4. The molecule has 28 heavy (non-hydrogen) atoms. The second-order valence-electron chi connectivity index (χ2n) is 6.59. The van der Waals surface area contributed by atoms with Crippen LogP contribution >= 0.6 is 11.8 Å². The van der Waals surface area contributed by atoms with Gasteiger partial charge in [-0.1, -0.05) is 12.1 Å². The number of nitrogens with zero attached hydrogens (tertiary/aromatic N) is 2. The molecule has 0 bridgehead atoms. The van der Waals surface area contributed by atoms with Crippen molar-refractivity contribution in [2.75, 3.05) is 19.3 Å². The molecule has 0 aliphatic carbocycles. The smallest absolute Gasteiger partial charge is 0.338 e. The number of benzene rings is 1. The Labute approximate surface area is 165 Å². The van der Waals surface area contributed by atoms with E-state index in [1.807, 2.05) is 6.26 Å². The Balaban J connectivity index is 1.78. The molecule has 1 fully saturated rings. The number of aromatic nitrogens is 1. The highest BCUT2D eigenvalue weighted by molar-refractivity contribution is 7.98. The zero-order valence-corrected chi connectivity index (χ0v) is 16.0. The van der Waals surface area contributed by atoms with Crippen molar-refractivity contribution in [2.24, 2.45) is 5.92 Å². The average Bonchev–Trinajstić information content (AvgIpc) is 2.72. The van der Waals surface area contributed by atoms with Crippen LogP contribution in [-0.2, 0) is 6.18 Å². The van der Waals surface area contributed by atoms with E-state index in [0.717, 1.165) is 12.1 Å². The first-order chi connectivity index (χ1) is 13.3. The lowest BCUT2D eigenvalue weighted by Crippen LogP contribution is -2.42. The van der Waals surface area contributed by atoms with Gasteiger partial charge in [-0.05, 0) is 43.4 Å². The Bertz CT molecular complexity index is 886. The Morgan fingerprint density at radius 1 is 1.21 bits per heavy atom. The molecule has 1 aromatic carbocycles. The number of ketones is 1. The zero-order chi connectivity index (χ0) is 20.3. The number of likely N-dealkylation sites (tertiary alicyclic amines) is 1. The first-order valence-electron chi connectivity index (χ1n) is 8.81. The summed E-state index contributed by atoms with van der Waals surface area (Å²) in [6.45, 7) is 0.699. The topological polar surface area (TPSA) is 50.3 Å².